The molecule has 0 saturated carbocycles. The molecule has 0 aromatic heterocycles. The number of thiocarbonyl (C=S) groups is 1. The fourth-order valence-corrected chi connectivity index (χ4v) is 4.14. The van der Waals surface area contributed by atoms with E-state index in [2.05, 4.69) is 47.6 Å². The molecule has 2 heterocycles. The van der Waals surface area contributed by atoms with Crippen molar-refractivity contribution in [1.29, 1.82) is 0 Å². The van der Waals surface area contributed by atoms with Crippen molar-refractivity contribution < 1.29 is 4.79 Å². The van der Waals surface area contributed by atoms with Crippen LogP contribution in [-0.4, -0.2) is 42.0 Å². The van der Waals surface area contributed by atoms with E-state index in [-0.39, 0.29) is 11.8 Å². The van der Waals surface area contributed by atoms with Crippen molar-refractivity contribution >= 4 is 28.7 Å². The number of carbonyl (C=O) groups excluding carboxylic acids is 1. The first kappa shape index (κ1) is 17.3. The molecule has 2 aliphatic heterocycles. The Balaban J connectivity index is 1.70. The lowest BCUT2D eigenvalue weighted by atomic mass is 9.85. The highest BCUT2D eigenvalue weighted by Gasteiger charge is 2.36. The summed E-state index contributed by atoms with van der Waals surface area (Å²) in [4.78, 5) is 13.9. The Morgan fingerprint density at radius 2 is 1.77 bits per heavy atom. The molecular weight excluding hydrogens is 342 g/mol. The fourth-order valence-electron chi connectivity index (χ4n) is 3.80. The van der Waals surface area contributed by atoms with Gasteiger partial charge in [-0.25, -0.2) is 10.0 Å². The monoisotopic (exact) mass is 365 g/mol. The standard InChI is InChI=1S/C21H23N3OS/c1-15-6-8-16(9-7-15)21(26)18-14-20(25)24(23-12-10-22-11-13-23)19-5-3-2-4-17(18)19/h2-9,18,22H,10-14H2,1H3. The molecule has 2 aromatic carbocycles. The van der Waals surface area contributed by atoms with Gasteiger partial charge in [-0.2, -0.15) is 0 Å². The largest absolute Gasteiger partial charge is 0.314 e. The van der Waals surface area contributed by atoms with E-state index >= 15 is 0 Å². The number of rotatable bonds is 3. The van der Waals surface area contributed by atoms with Crippen LogP contribution >= 0.6 is 12.2 Å². The summed E-state index contributed by atoms with van der Waals surface area (Å²) in [6.07, 6.45) is 0.424. The molecule has 26 heavy (non-hydrogen) atoms. The lowest BCUT2D eigenvalue weighted by Crippen LogP contribution is -2.56. The molecule has 0 bridgehead atoms. The molecule has 1 fully saturated rings. The van der Waals surface area contributed by atoms with Crippen LogP contribution in [0.1, 0.15) is 29.0 Å². The molecule has 4 rings (SSSR count). The van der Waals surface area contributed by atoms with Crippen molar-refractivity contribution in [3.8, 4) is 0 Å². The van der Waals surface area contributed by atoms with Crippen LogP contribution in [0.25, 0.3) is 0 Å². The molecular formula is C21H23N3OS. The molecule has 4 nitrogen and oxygen atoms in total. The number of para-hydroxylation sites is 1. The molecule has 5 heteroatoms. The molecule has 1 unspecified atom stereocenters. The first-order valence-electron chi connectivity index (χ1n) is 9.13. The van der Waals surface area contributed by atoms with Crippen molar-refractivity contribution in [2.75, 3.05) is 31.2 Å². The summed E-state index contributed by atoms with van der Waals surface area (Å²) < 4.78 is 0. The molecule has 2 aromatic rings. The zero-order valence-electron chi connectivity index (χ0n) is 14.9. The summed E-state index contributed by atoms with van der Waals surface area (Å²) in [6.45, 7) is 5.55. The van der Waals surface area contributed by atoms with Crippen LogP contribution in [0, 0.1) is 6.92 Å². The second-order valence-electron chi connectivity index (χ2n) is 6.96. The van der Waals surface area contributed by atoms with Gasteiger partial charge in [0.05, 0.1) is 5.69 Å². The maximum absolute atomic E-state index is 13.1. The van der Waals surface area contributed by atoms with Gasteiger partial charge in [0.25, 0.3) is 0 Å². The zero-order chi connectivity index (χ0) is 18.1. The fraction of sp³-hybridized carbons (Fsp3) is 0.333. The van der Waals surface area contributed by atoms with Gasteiger partial charge in [0.2, 0.25) is 5.91 Å². The number of nitrogens with one attached hydrogen (secondary N) is 1. The third-order valence-corrected chi connectivity index (χ3v) is 5.70. The zero-order valence-corrected chi connectivity index (χ0v) is 15.8. The van der Waals surface area contributed by atoms with Crippen molar-refractivity contribution in [3.63, 3.8) is 0 Å². The first-order valence-corrected chi connectivity index (χ1v) is 9.54. The summed E-state index contributed by atoms with van der Waals surface area (Å²) in [7, 11) is 0. The van der Waals surface area contributed by atoms with Crippen LogP contribution in [-0.2, 0) is 4.79 Å². The van der Waals surface area contributed by atoms with Crippen LogP contribution < -0.4 is 10.3 Å². The number of carbonyl (C=O) groups is 1. The number of piperazine rings is 1. The van der Waals surface area contributed by atoms with Gasteiger partial charge < -0.3 is 5.32 Å². The summed E-state index contributed by atoms with van der Waals surface area (Å²) in [5, 5.41) is 7.38. The number of fused-ring (bicyclic) bond motifs is 1. The van der Waals surface area contributed by atoms with Gasteiger partial charge >= 0.3 is 0 Å². The van der Waals surface area contributed by atoms with Gasteiger partial charge in [-0.3, -0.25) is 4.79 Å². The van der Waals surface area contributed by atoms with Gasteiger partial charge in [0, 0.05) is 43.4 Å². The first-order chi connectivity index (χ1) is 12.6. The van der Waals surface area contributed by atoms with Crippen LogP contribution in [0.15, 0.2) is 48.5 Å². The lowest BCUT2D eigenvalue weighted by molar-refractivity contribution is -0.122. The Morgan fingerprint density at radius 3 is 2.50 bits per heavy atom. The number of anilines is 1. The van der Waals surface area contributed by atoms with Crippen molar-refractivity contribution in [2.24, 2.45) is 0 Å². The van der Waals surface area contributed by atoms with Crippen molar-refractivity contribution in [2.45, 2.75) is 19.3 Å². The van der Waals surface area contributed by atoms with Gasteiger partial charge in [-0.15, -0.1) is 0 Å². The minimum atomic E-state index is -0.0458. The van der Waals surface area contributed by atoms with Crippen LogP contribution in [0.5, 0.6) is 0 Å². The topological polar surface area (TPSA) is 35.6 Å². The molecule has 1 amide bonds. The molecule has 0 aliphatic carbocycles. The van der Waals surface area contributed by atoms with E-state index in [9.17, 15) is 4.79 Å². The Hall–Kier alpha value is -2.08. The molecule has 1 saturated heterocycles. The Labute approximate surface area is 159 Å². The minimum Gasteiger partial charge on any atom is -0.314 e. The highest BCUT2D eigenvalue weighted by molar-refractivity contribution is 7.81. The number of aryl methyl sites for hydroxylation is 1. The summed E-state index contributed by atoms with van der Waals surface area (Å²) in [5.74, 6) is 0.0839. The third kappa shape index (κ3) is 3.18. The van der Waals surface area contributed by atoms with Gasteiger partial charge in [-0.1, -0.05) is 60.2 Å². The van der Waals surface area contributed by atoms with Crippen molar-refractivity contribution in [1.82, 2.24) is 10.3 Å². The van der Waals surface area contributed by atoms with Crippen LogP contribution in [0.2, 0.25) is 0 Å². The average Bonchev–Trinajstić information content (AvgIpc) is 2.68. The van der Waals surface area contributed by atoms with Crippen molar-refractivity contribution in [3.05, 3.63) is 65.2 Å². The second-order valence-corrected chi connectivity index (χ2v) is 7.39. The van der Waals surface area contributed by atoms with E-state index in [1.54, 1.807) is 0 Å². The van der Waals surface area contributed by atoms with E-state index < -0.39 is 0 Å². The minimum absolute atomic E-state index is 0.0458. The summed E-state index contributed by atoms with van der Waals surface area (Å²) >= 11 is 5.81. The quantitative estimate of drug-likeness (QED) is 0.670. The summed E-state index contributed by atoms with van der Waals surface area (Å²) in [6, 6.07) is 16.5. The van der Waals surface area contributed by atoms with E-state index in [1.165, 1.54) is 5.56 Å². The predicted molar refractivity (Wildman–Crippen MR) is 109 cm³/mol. The van der Waals surface area contributed by atoms with Gasteiger partial charge in [-0.05, 0) is 24.1 Å². The predicted octanol–water partition coefficient (Wildman–Crippen LogP) is 3.05. The van der Waals surface area contributed by atoms with Gasteiger partial charge in [0.1, 0.15) is 0 Å². The molecule has 1 atom stereocenters. The number of nitrogens with zero attached hydrogens (tertiary/aromatic N) is 2. The second kappa shape index (κ2) is 7.27. The number of amides is 1. The molecule has 134 valence electrons. The van der Waals surface area contributed by atoms with Crippen LogP contribution in [0.3, 0.4) is 0 Å². The Kier molecular flexibility index (Phi) is 4.85. The third-order valence-electron chi connectivity index (χ3n) is 5.18. The number of hydrogen-bond donors (Lipinski definition) is 1. The lowest BCUT2D eigenvalue weighted by Gasteiger charge is -2.42. The Bertz CT molecular complexity index is 827. The SMILES string of the molecule is Cc1ccc(C(=S)C2CC(=O)N(N3CCNCC3)c3ccccc32)cc1. The molecule has 2 aliphatic rings. The molecule has 0 spiro atoms. The summed E-state index contributed by atoms with van der Waals surface area (Å²) in [5.41, 5.74) is 4.37. The van der Waals surface area contributed by atoms with E-state index in [0.29, 0.717) is 6.42 Å². The number of hydrazine groups is 1. The maximum Gasteiger partial charge on any atom is 0.242 e. The van der Waals surface area contributed by atoms with E-state index in [4.69, 9.17) is 12.2 Å². The number of benzene rings is 2. The molecule has 0 radical (unpaired) electrons. The maximum atomic E-state index is 13.1. The highest BCUT2D eigenvalue weighted by Crippen LogP contribution is 2.39. The van der Waals surface area contributed by atoms with Gasteiger partial charge in [0.15, 0.2) is 0 Å². The average molecular weight is 366 g/mol. The normalized spacial score (nSPS) is 20.7. The van der Waals surface area contributed by atoms with E-state index in [1.807, 2.05) is 23.2 Å². The number of hydrogen-bond acceptors (Lipinski definition) is 4. The highest BCUT2D eigenvalue weighted by atomic mass is 32.1. The Morgan fingerprint density at radius 1 is 1.08 bits per heavy atom. The molecule has 1 N–H and O–H groups in total. The van der Waals surface area contributed by atoms with E-state index in [0.717, 1.165) is 47.9 Å². The smallest absolute Gasteiger partial charge is 0.242 e. The van der Waals surface area contributed by atoms with Crippen LogP contribution in [0.4, 0.5) is 5.69 Å².